The average molecular weight is 384 g/mol. The van der Waals surface area contributed by atoms with E-state index in [2.05, 4.69) is 5.32 Å². The average Bonchev–Trinajstić information content (AvgIpc) is 3.23. The lowest BCUT2D eigenvalue weighted by Gasteiger charge is -2.34. The van der Waals surface area contributed by atoms with E-state index in [0.29, 0.717) is 32.4 Å². The number of hydrogen-bond acceptors (Lipinski definition) is 4. The predicted molar refractivity (Wildman–Crippen MR) is 102 cm³/mol. The number of nitrogens with zero attached hydrogens (tertiary/aromatic N) is 1. The molecule has 1 unspecified atom stereocenters. The minimum atomic E-state index is -0.808. The molecule has 0 radical (unpaired) electrons. The Morgan fingerprint density at radius 1 is 1.11 bits per heavy atom. The van der Waals surface area contributed by atoms with Gasteiger partial charge in [-0.15, -0.1) is 0 Å². The zero-order valence-electron chi connectivity index (χ0n) is 15.5. The van der Waals surface area contributed by atoms with Gasteiger partial charge in [-0.2, -0.15) is 0 Å². The number of amides is 2. The molecule has 3 rings (SSSR count). The number of carbonyl (C=O) groups excluding carboxylic acids is 2. The molecule has 1 saturated heterocycles. The van der Waals surface area contributed by atoms with Crippen LogP contribution < -0.4 is 5.32 Å². The number of carbonyl (C=O) groups is 3. The highest BCUT2D eigenvalue weighted by Gasteiger charge is 2.30. The summed E-state index contributed by atoms with van der Waals surface area (Å²) in [5, 5.41) is 11.7. The zero-order chi connectivity index (χ0) is 19.9. The van der Waals surface area contributed by atoms with Gasteiger partial charge in [-0.1, -0.05) is 30.3 Å². The molecule has 0 aliphatic carbocycles. The highest BCUT2D eigenvalue weighted by molar-refractivity contribution is 5.95. The van der Waals surface area contributed by atoms with Crippen molar-refractivity contribution in [3.63, 3.8) is 0 Å². The maximum Gasteiger partial charge on any atom is 0.303 e. The van der Waals surface area contributed by atoms with Gasteiger partial charge in [-0.3, -0.25) is 14.4 Å². The van der Waals surface area contributed by atoms with E-state index in [1.807, 2.05) is 30.3 Å². The fourth-order valence-electron chi connectivity index (χ4n) is 3.51. The van der Waals surface area contributed by atoms with Gasteiger partial charge in [0, 0.05) is 25.9 Å². The molecule has 1 aliphatic rings. The lowest BCUT2D eigenvalue weighted by atomic mass is 9.93. The van der Waals surface area contributed by atoms with E-state index in [1.54, 1.807) is 17.0 Å². The van der Waals surface area contributed by atoms with E-state index < -0.39 is 17.9 Å². The van der Waals surface area contributed by atoms with Gasteiger partial charge in [0.05, 0.1) is 6.26 Å². The van der Waals surface area contributed by atoms with Gasteiger partial charge < -0.3 is 19.7 Å². The molecule has 2 N–H and O–H groups in total. The summed E-state index contributed by atoms with van der Waals surface area (Å²) in [4.78, 5) is 38.1. The molecule has 7 nitrogen and oxygen atoms in total. The first-order valence-corrected chi connectivity index (χ1v) is 9.42. The number of piperidine rings is 1. The largest absolute Gasteiger partial charge is 0.481 e. The van der Waals surface area contributed by atoms with Gasteiger partial charge in [-0.25, -0.2) is 0 Å². The summed E-state index contributed by atoms with van der Waals surface area (Å²) in [6.45, 7) is 0.997. The Bertz CT molecular complexity index is 795. The van der Waals surface area contributed by atoms with Gasteiger partial charge in [0.25, 0.3) is 5.91 Å². The summed E-state index contributed by atoms with van der Waals surface area (Å²) in [5.41, 5.74) is 0.946. The first kappa shape index (κ1) is 19.7. The van der Waals surface area contributed by atoms with Gasteiger partial charge in [-0.05, 0) is 36.5 Å². The minimum Gasteiger partial charge on any atom is -0.481 e. The Morgan fingerprint density at radius 3 is 2.43 bits per heavy atom. The quantitative estimate of drug-likeness (QED) is 0.763. The van der Waals surface area contributed by atoms with Crippen molar-refractivity contribution < 1.29 is 23.9 Å². The van der Waals surface area contributed by atoms with Gasteiger partial charge in [0.2, 0.25) is 5.91 Å². The molecule has 1 atom stereocenters. The number of aliphatic carboxylic acids is 1. The third kappa shape index (κ3) is 5.22. The van der Waals surface area contributed by atoms with E-state index >= 15 is 0 Å². The Hall–Kier alpha value is -3.09. The molecular weight excluding hydrogens is 360 g/mol. The van der Waals surface area contributed by atoms with E-state index in [1.165, 1.54) is 6.26 Å². The fraction of sp³-hybridized carbons (Fsp3) is 0.381. The third-order valence-corrected chi connectivity index (χ3v) is 5.02. The number of carboxylic acids is 1. The lowest BCUT2D eigenvalue weighted by molar-refractivity contribution is -0.139. The number of likely N-dealkylation sites (tertiary alicyclic amines) is 1. The fourth-order valence-corrected chi connectivity index (χ4v) is 3.51. The number of benzene rings is 1. The molecule has 148 valence electrons. The number of rotatable bonds is 7. The topological polar surface area (TPSA) is 99.9 Å². The Balaban J connectivity index is 1.68. The maximum atomic E-state index is 13.1. The minimum absolute atomic E-state index is 0.0897. The Morgan fingerprint density at radius 2 is 1.82 bits per heavy atom. The highest BCUT2D eigenvalue weighted by Crippen LogP contribution is 2.21. The van der Waals surface area contributed by atoms with Crippen LogP contribution in [-0.2, 0) is 16.0 Å². The zero-order valence-corrected chi connectivity index (χ0v) is 15.5. The van der Waals surface area contributed by atoms with Crippen LogP contribution in [0.4, 0.5) is 0 Å². The van der Waals surface area contributed by atoms with Crippen molar-refractivity contribution in [2.24, 2.45) is 5.92 Å². The predicted octanol–water partition coefficient (Wildman–Crippen LogP) is 2.33. The van der Waals surface area contributed by atoms with Crippen molar-refractivity contribution in [2.45, 2.75) is 31.7 Å². The first-order chi connectivity index (χ1) is 13.5. The van der Waals surface area contributed by atoms with Crippen LogP contribution in [0, 0.1) is 5.92 Å². The van der Waals surface area contributed by atoms with Crippen LogP contribution in [0.15, 0.2) is 53.1 Å². The summed E-state index contributed by atoms with van der Waals surface area (Å²) in [6, 6.07) is 12.0. The molecule has 0 spiro atoms. The van der Waals surface area contributed by atoms with E-state index in [0.717, 1.165) is 5.56 Å². The second kappa shape index (κ2) is 9.21. The third-order valence-electron chi connectivity index (χ3n) is 5.02. The summed E-state index contributed by atoms with van der Waals surface area (Å²) in [6.07, 6.45) is 3.23. The number of nitrogens with one attached hydrogen (secondary N) is 1. The van der Waals surface area contributed by atoms with Gasteiger partial charge >= 0.3 is 5.97 Å². The monoisotopic (exact) mass is 384 g/mol. The van der Waals surface area contributed by atoms with Crippen molar-refractivity contribution in [2.75, 3.05) is 13.1 Å². The van der Waals surface area contributed by atoms with Crippen LogP contribution in [0.2, 0.25) is 0 Å². The molecule has 2 aromatic rings. The van der Waals surface area contributed by atoms with Crippen LogP contribution in [0.3, 0.4) is 0 Å². The highest BCUT2D eigenvalue weighted by atomic mass is 16.4. The maximum absolute atomic E-state index is 13.1. The normalized spacial score (nSPS) is 15.8. The van der Waals surface area contributed by atoms with E-state index in [9.17, 15) is 14.4 Å². The summed E-state index contributed by atoms with van der Waals surface area (Å²) < 4.78 is 5.13. The van der Waals surface area contributed by atoms with E-state index in [-0.39, 0.29) is 24.0 Å². The SMILES string of the molecule is O=C(O)CC1CCN(C(=O)C(Cc2ccccc2)NC(=O)c2ccco2)CC1. The summed E-state index contributed by atoms with van der Waals surface area (Å²) in [7, 11) is 0. The van der Waals surface area contributed by atoms with Crippen LogP contribution in [0.5, 0.6) is 0 Å². The molecule has 1 aromatic heterocycles. The van der Waals surface area contributed by atoms with Gasteiger partial charge in [0.1, 0.15) is 6.04 Å². The second-order valence-corrected chi connectivity index (χ2v) is 7.06. The molecule has 28 heavy (non-hydrogen) atoms. The molecule has 7 heteroatoms. The van der Waals surface area contributed by atoms with Crippen LogP contribution in [-0.4, -0.2) is 46.9 Å². The number of carboxylic acid groups (broad SMARTS) is 1. The molecule has 0 saturated carbocycles. The molecule has 0 bridgehead atoms. The van der Waals surface area contributed by atoms with Gasteiger partial charge in [0.15, 0.2) is 5.76 Å². The molecule has 2 heterocycles. The Labute approximate surface area is 163 Å². The molecule has 1 fully saturated rings. The van der Waals surface area contributed by atoms with Crippen molar-refractivity contribution >= 4 is 17.8 Å². The number of hydrogen-bond donors (Lipinski definition) is 2. The summed E-state index contributed by atoms with van der Waals surface area (Å²) in [5.74, 6) is -1.15. The number of furan rings is 1. The smallest absolute Gasteiger partial charge is 0.303 e. The molecule has 1 aliphatic heterocycles. The lowest BCUT2D eigenvalue weighted by Crippen LogP contribution is -2.51. The standard InChI is InChI=1S/C21H24N2O5/c24-19(25)14-16-8-10-23(11-9-16)21(27)17(13-15-5-2-1-3-6-15)22-20(26)18-7-4-12-28-18/h1-7,12,16-17H,8-11,13-14H2,(H,22,26)(H,24,25). The second-order valence-electron chi connectivity index (χ2n) is 7.06. The van der Waals surface area contributed by atoms with Crippen molar-refractivity contribution in [1.29, 1.82) is 0 Å². The summed E-state index contributed by atoms with van der Waals surface area (Å²) >= 11 is 0. The Kier molecular flexibility index (Phi) is 6.47. The molecule has 2 amide bonds. The molecular formula is C21H24N2O5. The molecule has 1 aromatic carbocycles. The first-order valence-electron chi connectivity index (χ1n) is 9.42. The van der Waals surface area contributed by atoms with Crippen molar-refractivity contribution in [1.82, 2.24) is 10.2 Å². The van der Waals surface area contributed by atoms with Crippen LogP contribution in [0.25, 0.3) is 0 Å². The van der Waals surface area contributed by atoms with Crippen LogP contribution >= 0.6 is 0 Å². The van der Waals surface area contributed by atoms with Crippen molar-refractivity contribution in [3.8, 4) is 0 Å². The van der Waals surface area contributed by atoms with Crippen LogP contribution in [0.1, 0.15) is 35.4 Å². The van der Waals surface area contributed by atoms with E-state index in [4.69, 9.17) is 9.52 Å². The van der Waals surface area contributed by atoms with Crippen molar-refractivity contribution in [3.05, 3.63) is 60.1 Å².